The topological polar surface area (TPSA) is 78.0 Å². The Balaban J connectivity index is 1.49. The van der Waals surface area contributed by atoms with Gasteiger partial charge in [-0.05, 0) is 29.8 Å². The monoisotopic (exact) mass is 343 g/mol. The van der Waals surface area contributed by atoms with E-state index in [0.717, 1.165) is 22.4 Å². The zero-order chi connectivity index (χ0) is 16.9. The first-order chi connectivity index (χ1) is 11.6. The van der Waals surface area contributed by atoms with E-state index in [1.165, 1.54) is 0 Å². The van der Waals surface area contributed by atoms with E-state index in [0.29, 0.717) is 18.0 Å². The van der Waals surface area contributed by atoms with Crippen LogP contribution in [-0.2, 0) is 17.6 Å². The average Bonchev–Trinajstić information content (AvgIpc) is 2.97. The second-order valence-electron chi connectivity index (χ2n) is 5.59. The summed E-state index contributed by atoms with van der Waals surface area (Å²) in [6, 6.07) is 14.9. The van der Waals surface area contributed by atoms with Crippen LogP contribution in [0.2, 0.25) is 5.02 Å². The van der Waals surface area contributed by atoms with Crippen LogP contribution in [0.1, 0.15) is 11.4 Å². The lowest BCUT2D eigenvalue weighted by atomic mass is 10.1. The van der Waals surface area contributed by atoms with E-state index in [-0.39, 0.29) is 6.42 Å². The number of nitrogens with one attached hydrogen (secondary N) is 2. The van der Waals surface area contributed by atoms with Crippen LogP contribution in [0, 0.1) is 0 Å². The van der Waals surface area contributed by atoms with Gasteiger partial charge in [0.25, 0.3) is 0 Å². The number of nitrogens with zero attached hydrogens (tertiary/aromatic N) is 1. The first-order valence-corrected chi connectivity index (χ1v) is 8.13. The molecule has 5 nitrogen and oxygen atoms in total. The highest BCUT2D eigenvalue weighted by atomic mass is 35.5. The molecule has 0 saturated carbocycles. The third-order valence-corrected chi connectivity index (χ3v) is 3.96. The molecule has 3 N–H and O–H groups in total. The molecule has 124 valence electrons. The van der Waals surface area contributed by atoms with E-state index in [1.807, 2.05) is 30.3 Å². The van der Waals surface area contributed by atoms with Gasteiger partial charge in [-0.3, -0.25) is 4.79 Å². The smallest absolute Gasteiger partial charge is 0.249 e. The summed E-state index contributed by atoms with van der Waals surface area (Å²) in [7, 11) is 0. The molecule has 0 unspecified atom stereocenters. The molecule has 3 aromatic rings. The molecular formula is C18H18ClN3O2. The standard InChI is InChI=1S/C18H18ClN3O2/c19-13-5-3-4-12(10-13)11-16(23)18(24)20-9-8-17-21-14-6-1-2-7-15(14)22-17/h1-7,10,16,23H,8-9,11H2,(H,20,24)(H,21,22)/t16-/m1/s1. The van der Waals surface area contributed by atoms with Crippen LogP contribution < -0.4 is 5.32 Å². The molecule has 0 fully saturated rings. The first kappa shape index (κ1) is 16.5. The number of carbonyl (C=O) groups is 1. The van der Waals surface area contributed by atoms with Crippen LogP contribution >= 0.6 is 11.6 Å². The van der Waals surface area contributed by atoms with Gasteiger partial charge in [-0.2, -0.15) is 0 Å². The number of rotatable bonds is 6. The van der Waals surface area contributed by atoms with Gasteiger partial charge in [0.2, 0.25) is 5.91 Å². The van der Waals surface area contributed by atoms with E-state index in [9.17, 15) is 9.90 Å². The molecule has 1 atom stereocenters. The van der Waals surface area contributed by atoms with Crippen molar-refractivity contribution in [1.82, 2.24) is 15.3 Å². The van der Waals surface area contributed by atoms with Crippen molar-refractivity contribution in [2.75, 3.05) is 6.54 Å². The molecule has 1 aromatic heterocycles. The van der Waals surface area contributed by atoms with Gasteiger partial charge in [-0.25, -0.2) is 4.98 Å². The first-order valence-electron chi connectivity index (χ1n) is 7.75. The second kappa shape index (κ2) is 7.47. The minimum absolute atomic E-state index is 0.233. The van der Waals surface area contributed by atoms with Crippen molar-refractivity contribution < 1.29 is 9.90 Å². The summed E-state index contributed by atoms with van der Waals surface area (Å²) in [5.74, 6) is 0.409. The number of amides is 1. The van der Waals surface area contributed by atoms with E-state index < -0.39 is 12.0 Å². The number of carbonyl (C=O) groups excluding carboxylic acids is 1. The van der Waals surface area contributed by atoms with Gasteiger partial charge in [0, 0.05) is 24.4 Å². The molecule has 6 heteroatoms. The van der Waals surface area contributed by atoms with Gasteiger partial charge in [-0.15, -0.1) is 0 Å². The Morgan fingerprint density at radius 2 is 2.08 bits per heavy atom. The van der Waals surface area contributed by atoms with Crippen LogP contribution in [-0.4, -0.2) is 33.6 Å². The van der Waals surface area contributed by atoms with Gasteiger partial charge >= 0.3 is 0 Å². The van der Waals surface area contributed by atoms with Gasteiger partial charge in [-0.1, -0.05) is 35.9 Å². The number of aliphatic hydroxyl groups is 1. The van der Waals surface area contributed by atoms with Crippen molar-refractivity contribution in [3.05, 3.63) is 64.9 Å². The molecule has 1 amide bonds. The molecule has 3 rings (SSSR count). The predicted molar refractivity (Wildman–Crippen MR) is 94.0 cm³/mol. The third kappa shape index (κ3) is 4.13. The summed E-state index contributed by atoms with van der Waals surface area (Å²) in [5.41, 5.74) is 2.70. The van der Waals surface area contributed by atoms with E-state index in [4.69, 9.17) is 11.6 Å². The lowest BCUT2D eigenvalue weighted by Gasteiger charge is -2.11. The molecule has 0 bridgehead atoms. The largest absolute Gasteiger partial charge is 0.383 e. The Hall–Kier alpha value is -2.37. The second-order valence-corrected chi connectivity index (χ2v) is 6.03. The molecule has 0 aliphatic carbocycles. The van der Waals surface area contributed by atoms with E-state index in [2.05, 4.69) is 15.3 Å². The summed E-state index contributed by atoms with van der Waals surface area (Å²) in [5, 5.41) is 13.3. The number of hydrogen-bond donors (Lipinski definition) is 3. The molecule has 1 heterocycles. The molecule has 0 saturated heterocycles. The van der Waals surface area contributed by atoms with Crippen molar-refractivity contribution in [2.24, 2.45) is 0 Å². The molecule has 0 aliphatic heterocycles. The quantitative estimate of drug-likeness (QED) is 0.643. The number of halogens is 1. The fourth-order valence-corrected chi connectivity index (χ4v) is 2.74. The molecular weight excluding hydrogens is 326 g/mol. The molecule has 0 radical (unpaired) electrons. The number of para-hydroxylation sites is 2. The highest BCUT2D eigenvalue weighted by Crippen LogP contribution is 2.12. The number of imidazole rings is 1. The van der Waals surface area contributed by atoms with E-state index >= 15 is 0 Å². The number of aromatic amines is 1. The lowest BCUT2D eigenvalue weighted by Crippen LogP contribution is -2.37. The number of H-pyrrole nitrogens is 1. The maximum absolute atomic E-state index is 12.0. The number of hydrogen-bond acceptors (Lipinski definition) is 3. The minimum atomic E-state index is -1.10. The van der Waals surface area contributed by atoms with Crippen LogP contribution in [0.3, 0.4) is 0 Å². The third-order valence-electron chi connectivity index (χ3n) is 3.72. The number of aliphatic hydroxyl groups excluding tert-OH is 1. The fourth-order valence-electron chi connectivity index (χ4n) is 2.53. The Morgan fingerprint density at radius 1 is 1.25 bits per heavy atom. The Kier molecular flexibility index (Phi) is 5.13. The van der Waals surface area contributed by atoms with Gasteiger partial charge in [0.15, 0.2) is 0 Å². The highest BCUT2D eigenvalue weighted by Gasteiger charge is 2.15. The minimum Gasteiger partial charge on any atom is -0.383 e. The number of fused-ring (bicyclic) bond motifs is 1. The van der Waals surface area contributed by atoms with Crippen LogP contribution in [0.25, 0.3) is 11.0 Å². The Labute approximate surface area is 144 Å². The zero-order valence-corrected chi connectivity index (χ0v) is 13.8. The maximum atomic E-state index is 12.0. The van der Waals surface area contributed by atoms with Crippen molar-refractivity contribution >= 4 is 28.5 Å². The summed E-state index contributed by atoms with van der Waals surface area (Å²) in [4.78, 5) is 19.6. The van der Waals surface area contributed by atoms with Gasteiger partial charge in [0.1, 0.15) is 11.9 Å². The predicted octanol–water partition coefficient (Wildman–Crippen LogP) is 2.48. The SMILES string of the molecule is O=C(NCCc1nc2ccccc2[nH]1)[C@H](O)Cc1cccc(Cl)c1. The Morgan fingerprint density at radius 3 is 2.88 bits per heavy atom. The summed E-state index contributed by atoms with van der Waals surface area (Å²) < 4.78 is 0. The van der Waals surface area contributed by atoms with Crippen LogP contribution in [0.15, 0.2) is 48.5 Å². The maximum Gasteiger partial charge on any atom is 0.249 e. The van der Waals surface area contributed by atoms with Crippen molar-refractivity contribution in [2.45, 2.75) is 18.9 Å². The number of benzene rings is 2. The summed E-state index contributed by atoms with van der Waals surface area (Å²) >= 11 is 5.90. The Bertz CT molecular complexity index is 814. The van der Waals surface area contributed by atoms with E-state index in [1.54, 1.807) is 18.2 Å². The molecule has 0 aliphatic rings. The van der Waals surface area contributed by atoms with Crippen LogP contribution in [0.5, 0.6) is 0 Å². The van der Waals surface area contributed by atoms with Crippen molar-refractivity contribution in [3.63, 3.8) is 0 Å². The van der Waals surface area contributed by atoms with Crippen LogP contribution in [0.4, 0.5) is 0 Å². The molecule has 0 spiro atoms. The van der Waals surface area contributed by atoms with Gasteiger partial charge < -0.3 is 15.4 Å². The lowest BCUT2D eigenvalue weighted by molar-refractivity contribution is -0.129. The van der Waals surface area contributed by atoms with Crippen molar-refractivity contribution in [1.29, 1.82) is 0 Å². The summed E-state index contributed by atoms with van der Waals surface area (Å²) in [6.45, 7) is 0.408. The highest BCUT2D eigenvalue weighted by molar-refractivity contribution is 6.30. The zero-order valence-electron chi connectivity index (χ0n) is 13.0. The van der Waals surface area contributed by atoms with Gasteiger partial charge in [0.05, 0.1) is 11.0 Å². The fraction of sp³-hybridized carbons (Fsp3) is 0.222. The molecule has 2 aromatic carbocycles. The average molecular weight is 344 g/mol. The van der Waals surface area contributed by atoms with Crippen molar-refractivity contribution in [3.8, 4) is 0 Å². The normalized spacial score (nSPS) is 12.2. The molecule has 24 heavy (non-hydrogen) atoms. The number of aromatic nitrogens is 2. The summed E-state index contributed by atoms with van der Waals surface area (Å²) in [6.07, 6.45) is -0.291.